The van der Waals surface area contributed by atoms with E-state index in [0.29, 0.717) is 25.1 Å². The molecule has 2 saturated heterocycles. The van der Waals surface area contributed by atoms with Crippen LogP contribution in [0.2, 0.25) is 0 Å². The number of hydrogen-bond acceptors (Lipinski definition) is 6. The van der Waals surface area contributed by atoms with Gasteiger partial charge in [-0.1, -0.05) is 18.2 Å². The molecule has 0 saturated carbocycles. The van der Waals surface area contributed by atoms with Crippen LogP contribution in [0.5, 0.6) is 0 Å². The maximum Gasteiger partial charge on any atom is 0.237 e. The largest absolute Gasteiger partial charge is 0.325 e. The lowest BCUT2D eigenvalue weighted by Crippen LogP contribution is -2.38. The molecule has 0 unspecified atom stereocenters. The van der Waals surface area contributed by atoms with Crippen LogP contribution >= 0.6 is 11.8 Å². The second-order valence-corrected chi connectivity index (χ2v) is 12.1. The normalized spacial score (nSPS) is 22.7. The highest BCUT2D eigenvalue weighted by molar-refractivity contribution is 7.99. The van der Waals surface area contributed by atoms with Gasteiger partial charge in [-0.15, -0.1) is 11.8 Å². The maximum atomic E-state index is 14.3. The molecule has 1 amide bonds. The van der Waals surface area contributed by atoms with Crippen LogP contribution in [0, 0.1) is 19.7 Å². The van der Waals surface area contributed by atoms with E-state index in [1.165, 1.54) is 6.07 Å². The van der Waals surface area contributed by atoms with Crippen LogP contribution in [0.25, 0.3) is 0 Å². The lowest BCUT2D eigenvalue weighted by Gasteiger charge is -2.27. The van der Waals surface area contributed by atoms with Crippen molar-refractivity contribution in [3.05, 3.63) is 52.6 Å². The first-order valence-electron chi connectivity index (χ1n) is 10.8. The minimum Gasteiger partial charge on any atom is -0.325 e. The minimum atomic E-state index is -2.99. The number of rotatable bonds is 6. The number of likely N-dealkylation sites (N-methyl/N-ethyl adjacent to an activating group) is 1. The SMILES string of the molecule is Cc1nn([C@@H]2CCS(=O)(=O)C2)c(C)c1CN(C)CC(=O)N1CCS[C@@H]1c1ccccc1F. The molecule has 0 radical (unpaired) electrons. The maximum absolute atomic E-state index is 14.3. The molecule has 2 aromatic rings. The highest BCUT2D eigenvalue weighted by atomic mass is 32.2. The molecule has 0 spiro atoms. The summed E-state index contributed by atoms with van der Waals surface area (Å²) in [4.78, 5) is 16.8. The summed E-state index contributed by atoms with van der Waals surface area (Å²) >= 11 is 1.58. The highest BCUT2D eigenvalue weighted by Gasteiger charge is 2.34. The van der Waals surface area contributed by atoms with Crippen molar-refractivity contribution in [1.29, 1.82) is 0 Å². The molecule has 2 fully saturated rings. The molecule has 2 atom stereocenters. The first-order chi connectivity index (χ1) is 15.2. The average molecular weight is 481 g/mol. The van der Waals surface area contributed by atoms with E-state index in [1.54, 1.807) is 34.9 Å². The summed E-state index contributed by atoms with van der Waals surface area (Å²) in [6.07, 6.45) is 0.585. The summed E-state index contributed by atoms with van der Waals surface area (Å²) in [6, 6.07) is 6.51. The fourth-order valence-electron chi connectivity index (χ4n) is 4.56. The summed E-state index contributed by atoms with van der Waals surface area (Å²) in [5.74, 6) is 0.800. The van der Waals surface area contributed by atoms with E-state index in [-0.39, 0.29) is 41.2 Å². The Kier molecular flexibility index (Phi) is 6.65. The van der Waals surface area contributed by atoms with Crippen molar-refractivity contribution < 1.29 is 17.6 Å². The summed E-state index contributed by atoms with van der Waals surface area (Å²) in [6.45, 7) is 5.23. The Balaban J connectivity index is 1.43. The fourth-order valence-corrected chi connectivity index (χ4v) is 7.55. The lowest BCUT2D eigenvalue weighted by atomic mass is 10.1. The summed E-state index contributed by atoms with van der Waals surface area (Å²) < 4.78 is 39.9. The number of aromatic nitrogens is 2. The van der Waals surface area contributed by atoms with Crippen LogP contribution in [0.1, 0.15) is 40.4 Å². The van der Waals surface area contributed by atoms with E-state index >= 15 is 0 Å². The van der Waals surface area contributed by atoms with Gasteiger partial charge in [0.15, 0.2) is 9.84 Å². The van der Waals surface area contributed by atoms with Gasteiger partial charge in [-0.05, 0) is 33.4 Å². The standard InChI is InChI=1S/C22H29FN4O3S2/c1-15-19(16(2)27(24-15)17-8-11-32(29,30)14-17)12-25(3)13-21(28)26-9-10-31-22(26)18-6-4-5-7-20(18)23/h4-7,17,22H,8-14H2,1-3H3/t17-,22-/m1/s1. The van der Waals surface area contributed by atoms with Crippen LogP contribution in [0.15, 0.2) is 24.3 Å². The van der Waals surface area contributed by atoms with Gasteiger partial charge in [0.2, 0.25) is 5.91 Å². The molecule has 3 heterocycles. The van der Waals surface area contributed by atoms with Gasteiger partial charge < -0.3 is 4.90 Å². The molecular formula is C22H29FN4O3S2. The molecule has 4 rings (SSSR count). The van der Waals surface area contributed by atoms with Crippen LogP contribution in [0.4, 0.5) is 4.39 Å². The third-order valence-electron chi connectivity index (χ3n) is 6.24. The molecule has 2 aliphatic heterocycles. The van der Waals surface area contributed by atoms with Gasteiger partial charge in [-0.3, -0.25) is 14.4 Å². The number of nitrogens with zero attached hydrogens (tertiary/aromatic N) is 4. The van der Waals surface area contributed by atoms with Gasteiger partial charge in [-0.25, -0.2) is 12.8 Å². The van der Waals surface area contributed by atoms with Crippen LogP contribution in [0.3, 0.4) is 0 Å². The predicted octanol–water partition coefficient (Wildman–Crippen LogP) is 2.70. The summed E-state index contributed by atoms with van der Waals surface area (Å²) in [7, 11) is -1.11. The number of amides is 1. The average Bonchev–Trinajstić information content (AvgIpc) is 3.42. The number of sulfone groups is 1. The molecule has 0 bridgehead atoms. The quantitative estimate of drug-likeness (QED) is 0.633. The number of aryl methyl sites for hydroxylation is 1. The Hall–Kier alpha value is -1.91. The van der Waals surface area contributed by atoms with E-state index in [4.69, 9.17) is 0 Å². The molecular weight excluding hydrogens is 451 g/mol. The number of halogens is 1. The first kappa shape index (κ1) is 23.3. The van der Waals surface area contributed by atoms with Gasteiger partial charge >= 0.3 is 0 Å². The number of hydrogen-bond donors (Lipinski definition) is 0. The third-order valence-corrected chi connectivity index (χ3v) is 9.24. The van der Waals surface area contributed by atoms with Crippen LogP contribution < -0.4 is 0 Å². The van der Waals surface area contributed by atoms with Crippen molar-refractivity contribution in [2.45, 2.75) is 38.2 Å². The number of thioether (sulfide) groups is 1. The third kappa shape index (κ3) is 4.72. The Labute approximate surface area is 192 Å². The molecule has 1 aromatic carbocycles. The number of carbonyl (C=O) groups excluding carboxylic acids is 1. The van der Waals surface area contributed by atoms with Crippen molar-refractivity contribution in [2.24, 2.45) is 0 Å². The van der Waals surface area contributed by atoms with Crippen LogP contribution in [-0.4, -0.2) is 71.3 Å². The molecule has 174 valence electrons. The molecule has 0 N–H and O–H groups in total. The van der Waals surface area contributed by atoms with Gasteiger partial charge in [0.05, 0.1) is 29.8 Å². The highest BCUT2D eigenvalue weighted by Crippen LogP contribution is 2.39. The van der Waals surface area contributed by atoms with Gasteiger partial charge in [-0.2, -0.15) is 5.10 Å². The Bertz CT molecular complexity index is 1120. The van der Waals surface area contributed by atoms with Crippen LogP contribution in [-0.2, 0) is 21.2 Å². The fraction of sp³-hybridized carbons (Fsp3) is 0.545. The van der Waals surface area contributed by atoms with Crippen molar-refractivity contribution in [3.8, 4) is 0 Å². The second-order valence-electron chi connectivity index (χ2n) is 8.65. The van der Waals surface area contributed by atoms with E-state index in [9.17, 15) is 17.6 Å². The topological polar surface area (TPSA) is 75.5 Å². The molecule has 0 aliphatic carbocycles. The zero-order valence-electron chi connectivity index (χ0n) is 18.6. The second kappa shape index (κ2) is 9.15. The Morgan fingerprint density at radius 1 is 1.31 bits per heavy atom. The molecule has 1 aromatic heterocycles. The van der Waals surface area contributed by atoms with Gasteiger partial charge in [0.25, 0.3) is 0 Å². The van der Waals surface area contributed by atoms with E-state index < -0.39 is 9.84 Å². The zero-order valence-corrected chi connectivity index (χ0v) is 20.3. The predicted molar refractivity (Wildman–Crippen MR) is 124 cm³/mol. The van der Waals surface area contributed by atoms with E-state index in [0.717, 1.165) is 22.7 Å². The van der Waals surface area contributed by atoms with Gasteiger partial charge in [0.1, 0.15) is 11.2 Å². The Morgan fingerprint density at radius 2 is 2.06 bits per heavy atom. The monoisotopic (exact) mass is 480 g/mol. The minimum absolute atomic E-state index is 0.0321. The van der Waals surface area contributed by atoms with Gasteiger partial charge in [0, 0.05) is 35.7 Å². The molecule has 7 nitrogen and oxygen atoms in total. The molecule has 32 heavy (non-hydrogen) atoms. The van der Waals surface area contributed by atoms with Crippen molar-refractivity contribution >= 4 is 27.5 Å². The molecule has 2 aliphatic rings. The molecule has 10 heteroatoms. The Morgan fingerprint density at radius 3 is 2.75 bits per heavy atom. The first-order valence-corrected chi connectivity index (χ1v) is 13.6. The smallest absolute Gasteiger partial charge is 0.237 e. The van der Waals surface area contributed by atoms with Crippen molar-refractivity contribution in [3.63, 3.8) is 0 Å². The van der Waals surface area contributed by atoms with Crippen molar-refractivity contribution in [2.75, 3.05) is 37.4 Å². The summed E-state index contributed by atoms with van der Waals surface area (Å²) in [5, 5.41) is 4.32. The van der Waals surface area contributed by atoms with E-state index in [1.807, 2.05) is 30.5 Å². The zero-order chi connectivity index (χ0) is 23.0. The number of carbonyl (C=O) groups is 1. The lowest BCUT2D eigenvalue weighted by molar-refractivity contribution is -0.132. The van der Waals surface area contributed by atoms with Crippen molar-refractivity contribution in [1.82, 2.24) is 19.6 Å². The number of benzene rings is 1. The van der Waals surface area contributed by atoms with E-state index in [2.05, 4.69) is 5.10 Å². The summed E-state index contributed by atoms with van der Waals surface area (Å²) in [5.41, 5.74) is 3.37.